The molecule has 0 atom stereocenters. The monoisotopic (exact) mass is 379 g/mol. The quantitative estimate of drug-likeness (QED) is 0.756. The van der Waals surface area contributed by atoms with Crippen molar-refractivity contribution in [2.75, 3.05) is 13.1 Å². The number of aromatic nitrogens is 3. The van der Waals surface area contributed by atoms with Crippen LogP contribution in [-0.2, 0) is 6.54 Å². The van der Waals surface area contributed by atoms with Crippen LogP contribution in [-0.4, -0.2) is 44.7 Å². The van der Waals surface area contributed by atoms with E-state index in [0.29, 0.717) is 42.0 Å². The van der Waals surface area contributed by atoms with Gasteiger partial charge in [-0.3, -0.25) is 14.5 Å². The zero-order valence-electron chi connectivity index (χ0n) is 15.5. The molecule has 1 saturated heterocycles. The molecule has 0 bridgehead atoms. The van der Waals surface area contributed by atoms with Crippen LogP contribution in [0.5, 0.6) is 0 Å². The zero-order valence-corrected chi connectivity index (χ0v) is 15.5. The van der Waals surface area contributed by atoms with Crippen LogP contribution >= 0.6 is 0 Å². The van der Waals surface area contributed by atoms with Crippen molar-refractivity contribution in [3.8, 4) is 11.3 Å². The summed E-state index contributed by atoms with van der Waals surface area (Å²) >= 11 is 0. The molecule has 0 saturated carbocycles. The summed E-state index contributed by atoms with van der Waals surface area (Å²) in [5.74, 6) is -0.341. The molecular weight excluding hydrogens is 357 g/mol. The number of halogens is 1. The van der Waals surface area contributed by atoms with Crippen LogP contribution in [0.15, 0.2) is 55.0 Å². The van der Waals surface area contributed by atoms with E-state index in [2.05, 4.69) is 10.1 Å². The molecule has 4 rings (SSSR count). The van der Waals surface area contributed by atoms with Crippen molar-refractivity contribution in [2.45, 2.75) is 25.4 Å². The molecular formula is C21H22FN5O. The summed E-state index contributed by atoms with van der Waals surface area (Å²) in [4.78, 5) is 18.8. The Labute approximate surface area is 162 Å². The van der Waals surface area contributed by atoms with Gasteiger partial charge in [0.25, 0.3) is 5.91 Å². The van der Waals surface area contributed by atoms with Crippen LogP contribution in [0.1, 0.15) is 28.8 Å². The van der Waals surface area contributed by atoms with Crippen molar-refractivity contribution in [2.24, 2.45) is 5.73 Å². The number of rotatable bonds is 4. The standard InChI is InChI=1S/C21H22FN5O/c22-19-12-15(2-3-17(19)14-27-9-1-8-25-27)20-5-4-16(13-24-20)21(28)26-10-6-18(23)7-11-26/h1-5,8-9,12-13,18H,6-7,10-11,14,23H2. The SMILES string of the molecule is NC1CCN(C(=O)c2ccc(-c3ccc(Cn4cccn4)c(F)c3)nc2)CC1. The summed E-state index contributed by atoms with van der Waals surface area (Å²) in [5.41, 5.74) is 8.29. The molecule has 1 amide bonds. The summed E-state index contributed by atoms with van der Waals surface area (Å²) in [6.45, 7) is 1.72. The molecule has 1 aliphatic heterocycles. The van der Waals surface area contributed by atoms with Crippen LogP contribution in [0.2, 0.25) is 0 Å². The molecule has 7 heteroatoms. The maximum Gasteiger partial charge on any atom is 0.255 e. The highest BCUT2D eigenvalue weighted by Crippen LogP contribution is 2.22. The van der Waals surface area contributed by atoms with E-state index in [0.717, 1.165) is 12.8 Å². The van der Waals surface area contributed by atoms with Crippen molar-refractivity contribution in [1.29, 1.82) is 0 Å². The number of likely N-dealkylation sites (tertiary alicyclic amines) is 1. The second-order valence-corrected chi connectivity index (χ2v) is 7.07. The van der Waals surface area contributed by atoms with Crippen LogP contribution in [0.3, 0.4) is 0 Å². The summed E-state index contributed by atoms with van der Waals surface area (Å²) in [7, 11) is 0. The number of piperidine rings is 1. The van der Waals surface area contributed by atoms with Gasteiger partial charge in [0.1, 0.15) is 5.82 Å². The molecule has 6 nitrogen and oxygen atoms in total. The number of nitrogens with zero attached hydrogens (tertiary/aromatic N) is 4. The highest BCUT2D eigenvalue weighted by molar-refractivity contribution is 5.94. The van der Waals surface area contributed by atoms with E-state index in [1.807, 2.05) is 11.0 Å². The molecule has 28 heavy (non-hydrogen) atoms. The van der Waals surface area contributed by atoms with Gasteiger partial charge in [-0.15, -0.1) is 0 Å². The van der Waals surface area contributed by atoms with Gasteiger partial charge in [-0.2, -0.15) is 5.10 Å². The number of hydrogen-bond donors (Lipinski definition) is 1. The molecule has 144 valence electrons. The van der Waals surface area contributed by atoms with Crippen LogP contribution in [0.25, 0.3) is 11.3 Å². The number of nitrogens with two attached hydrogens (primary N) is 1. The lowest BCUT2D eigenvalue weighted by molar-refractivity contribution is 0.0714. The number of amides is 1. The van der Waals surface area contributed by atoms with Gasteiger partial charge in [-0.25, -0.2) is 4.39 Å². The van der Waals surface area contributed by atoms with E-state index in [9.17, 15) is 9.18 Å². The second kappa shape index (κ2) is 7.90. The number of benzene rings is 1. The molecule has 0 spiro atoms. The smallest absolute Gasteiger partial charge is 0.255 e. The van der Waals surface area contributed by atoms with Gasteiger partial charge in [-0.05, 0) is 37.1 Å². The minimum absolute atomic E-state index is 0.0355. The Balaban J connectivity index is 1.47. The molecule has 1 aromatic carbocycles. The minimum Gasteiger partial charge on any atom is -0.338 e. The van der Waals surface area contributed by atoms with Gasteiger partial charge in [0.15, 0.2) is 0 Å². The third-order valence-corrected chi connectivity index (χ3v) is 5.08. The topological polar surface area (TPSA) is 77.0 Å². The van der Waals surface area contributed by atoms with Crippen LogP contribution < -0.4 is 5.73 Å². The normalized spacial score (nSPS) is 15.0. The molecule has 2 N–H and O–H groups in total. The molecule has 3 heterocycles. The van der Waals surface area contributed by atoms with Gasteiger partial charge in [-0.1, -0.05) is 12.1 Å². The van der Waals surface area contributed by atoms with E-state index in [-0.39, 0.29) is 17.8 Å². The lowest BCUT2D eigenvalue weighted by atomic mass is 10.0. The summed E-state index contributed by atoms with van der Waals surface area (Å²) in [6, 6.07) is 10.5. The Morgan fingerprint density at radius 3 is 2.68 bits per heavy atom. The van der Waals surface area contributed by atoms with E-state index >= 15 is 0 Å². The minimum atomic E-state index is -0.306. The fraction of sp³-hybridized carbons (Fsp3) is 0.286. The van der Waals surface area contributed by atoms with E-state index in [4.69, 9.17) is 5.73 Å². The van der Waals surface area contributed by atoms with Crippen LogP contribution in [0, 0.1) is 5.82 Å². The molecule has 3 aromatic rings. The van der Waals surface area contributed by atoms with Crippen LogP contribution in [0.4, 0.5) is 4.39 Å². The molecule has 0 unspecified atom stereocenters. The fourth-order valence-corrected chi connectivity index (χ4v) is 3.38. The zero-order chi connectivity index (χ0) is 19.5. The van der Waals surface area contributed by atoms with Crippen molar-refractivity contribution in [3.05, 3.63) is 71.9 Å². The second-order valence-electron chi connectivity index (χ2n) is 7.07. The molecule has 1 fully saturated rings. The maximum absolute atomic E-state index is 14.5. The molecule has 0 radical (unpaired) electrons. The number of carbonyl (C=O) groups is 1. The molecule has 0 aliphatic carbocycles. The van der Waals surface area contributed by atoms with E-state index in [1.54, 1.807) is 47.5 Å². The first-order chi connectivity index (χ1) is 13.6. The summed E-state index contributed by atoms with van der Waals surface area (Å²) in [6.07, 6.45) is 6.66. The lowest BCUT2D eigenvalue weighted by Gasteiger charge is -2.30. The van der Waals surface area contributed by atoms with Crippen molar-refractivity contribution < 1.29 is 9.18 Å². The van der Waals surface area contributed by atoms with Gasteiger partial charge in [0, 0.05) is 48.8 Å². The third kappa shape index (κ3) is 3.94. The maximum atomic E-state index is 14.5. The molecule has 1 aliphatic rings. The Bertz CT molecular complexity index is 947. The van der Waals surface area contributed by atoms with Crippen molar-refractivity contribution >= 4 is 5.91 Å². The number of hydrogen-bond acceptors (Lipinski definition) is 4. The first-order valence-corrected chi connectivity index (χ1v) is 9.37. The fourth-order valence-electron chi connectivity index (χ4n) is 3.38. The highest BCUT2D eigenvalue weighted by Gasteiger charge is 2.21. The average molecular weight is 379 g/mol. The third-order valence-electron chi connectivity index (χ3n) is 5.08. The van der Waals surface area contributed by atoms with Crippen molar-refractivity contribution in [3.63, 3.8) is 0 Å². The van der Waals surface area contributed by atoms with E-state index in [1.165, 1.54) is 6.07 Å². The van der Waals surface area contributed by atoms with Gasteiger partial charge < -0.3 is 10.6 Å². The van der Waals surface area contributed by atoms with Crippen molar-refractivity contribution in [1.82, 2.24) is 19.7 Å². The Hall–Kier alpha value is -3.06. The average Bonchev–Trinajstić information content (AvgIpc) is 3.23. The first kappa shape index (κ1) is 18.3. The predicted octanol–water partition coefficient (Wildman–Crippen LogP) is 2.70. The lowest BCUT2D eigenvalue weighted by Crippen LogP contribution is -2.42. The first-order valence-electron chi connectivity index (χ1n) is 9.37. The molecule has 2 aromatic heterocycles. The van der Waals surface area contributed by atoms with Gasteiger partial charge >= 0.3 is 0 Å². The summed E-state index contributed by atoms with van der Waals surface area (Å²) in [5, 5.41) is 4.10. The largest absolute Gasteiger partial charge is 0.338 e. The van der Waals surface area contributed by atoms with Gasteiger partial charge in [0.2, 0.25) is 0 Å². The summed E-state index contributed by atoms with van der Waals surface area (Å²) < 4.78 is 16.1. The predicted molar refractivity (Wildman–Crippen MR) is 104 cm³/mol. The van der Waals surface area contributed by atoms with Gasteiger partial charge in [0.05, 0.1) is 17.8 Å². The highest BCUT2D eigenvalue weighted by atomic mass is 19.1. The Morgan fingerprint density at radius 2 is 2.04 bits per heavy atom. The number of carbonyl (C=O) groups excluding carboxylic acids is 1. The Morgan fingerprint density at radius 1 is 1.21 bits per heavy atom. The number of pyridine rings is 1. The van der Waals surface area contributed by atoms with E-state index < -0.39 is 0 Å². The Kier molecular flexibility index (Phi) is 5.16.